The van der Waals surface area contributed by atoms with E-state index in [4.69, 9.17) is 0 Å². The average Bonchev–Trinajstić information content (AvgIpc) is 2.80. The summed E-state index contributed by atoms with van der Waals surface area (Å²) in [7, 11) is 0. The first kappa shape index (κ1) is 14.3. The molecule has 0 aliphatic carbocycles. The highest BCUT2D eigenvalue weighted by Crippen LogP contribution is 2.26. The van der Waals surface area contributed by atoms with Crippen molar-refractivity contribution in [1.82, 2.24) is 10.6 Å². The van der Waals surface area contributed by atoms with Crippen LogP contribution in [0.25, 0.3) is 6.08 Å². The number of carbonyl (C=O) groups is 1. The molecular formula is C17H21FN2O. The highest BCUT2D eigenvalue weighted by Gasteiger charge is 2.33. The van der Waals surface area contributed by atoms with Crippen LogP contribution in [0.3, 0.4) is 0 Å². The first-order valence-corrected chi connectivity index (χ1v) is 7.61. The van der Waals surface area contributed by atoms with Gasteiger partial charge in [0.2, 0.25) is 5.91 Å². The van der Waals surface area contributed by atoms with Crippen molar-refractivity contribution in [1.29, 1.82) is 0 Å². The van der Waals surface area contributed by atoms with Crippen LogP contribution in [0.5, 0.6) is 0 Å². The van der Waals surface area contributed by atoms with E-state index in [2.05, 4.69) is 10.6 Å². The van der Waals surface area contributed by atoms with E-state index in [0.29, 0.717) is 17.7 Å². The third-order valence-corrected chi connectivity index (χ3v) is 4.42. The van der Waals surface area contributed by atoms with Gasteiger partial charge in [0, 0.05) is 23.7 Å². The lowest BCUT2D eigenvalue weighted by atomic mass is 9.99. The summed E-state index contributed by atoms with van der Waals surface area (Å²) in [5.74, 6) is -0.287. The third kappa shape index (κ3) is 3.50. The molecule has 0 aromatic heterocycles. The van der Waals surface area contributed by atoms with Crippen molar-refractivity contribution in [3.05, 3.63) is 41.2 Å². The molecule has 0 spiro atoms. The molecule has 2 aliphatic rings. The number of carbonyl (C=O) groups excluding carboxylic acids is 1. The highest BCUT2D eigenvalue weighted by atomic mass is 19.1. The minimum atomic E-state index is -0.264. The van der Waals surface area contributed by atoms with Crippen LogP contribution in [-0.4, -0.2) is 24.0 Å². The van der Waals surface area contributed by atoms with Crippen molar-refractivity contribution in [3.63, 3.8) is 0 Å². The second kappa shape index (κ2) is 5.98. The van der Waals surface area contributed by atoms with Crippen LogP contribution in [-0.2, 0) is 4.79 Å². The predicted octanol–water partition coefficient (Wildman–Crippen LogP) is 2.63. The van der Waals surface area contributed by atoms with Gasteiger partial charge in [0.15, 0.2) is 0 Å². The minimum Gasteiger partial charge on any atom is -0.349 e. The summed E-state index contributed by atoms with van der Waals surface area (Å²) in [4.78, 5) is 12.2. The molecule has 2 unspecified atom stereocenters. The van der Waals surface area contributed by atoms with Gasteiger partial charge in [0.25, 0.3) is 0 Å². The fourth-order valence-corrected chi connectivity index (χ4v) is 3.35. The lowest BCUT2D eigenvalue weighted by Crippen LogP contribution is -2.48. The van der Waals surface area contributed by atoms with Gasteiger partial charge < -0.3 is 10.6 Å². The Morgan fingerprint density at radius 3 is 2.48 bits per heavy atom. The van der Waals surface area contributed by atoms with Crippen LogP contribution in [0.15, 0.2) is 29.8 Å². The van der Waals surface area contributed by atoms with Gasteiger partial charge in [0.05, 0.1) is 0 Å². The van der Waals surface area contributed by atoms with Crippen molar-refractivity contribution in [2.24, 2.45) is 0 Å². The molecule has 3 rings (SSSR count). The number of hydrogen-bond donors (Lipinski definition) is 2. The number of fused-ring (bicyclic) bond motifs is 2. The summed E-state index contributed by atoms with van der Waals surface area (Å²) in [6.45, 7) is 1.80. The largest absolute Gasteiger partial charge is 0.349 e. The monoisotopic (exact) mass is 288 g/mol. The summed E-state index contributed by atoms with van der Waals surface area (Å²) in [5.41, 5.74) is 1.50. The number of rotatable bonds is 3. The Labute approximate surface area is 124 Å². The maximum absolute atomic E-state index is 12.9. The Morgan fingerprint density at radius 2 is 1.86 bits per heavy atom. The van der Waals surface area contributed by atoms with Crippen molar-refractivity contribution < 1.29 is 9.18 Å². The zero-order valence-electron chi connectivity index (χ0n) is 12.2. The van der Waals surface area contributed by atoms with E-state index >= 15 is 0 Å². The van der Waals surface area contributed by atoms with Crippen LogP contribution in [0.2, 0.25) is 0 Å². The van der Waals surface area contributed by atoms with Crippen LogP contribution >= 0.6 is 0 Å². The summed E-state index contributed by atoms with van der Waals surface area (Å²) >= 11 is 0. The molecule has 0 saturated carbocycles. The Bertz CT molecular complexity index is 540. The number of benzene rings is 1. The molecule has 21 heavy (non-hydrogen) atoms. The second-order valence-electron chi connectivity index (χ2n) is 6.16. The standard InChI is InChI=1S/C17H21FN2O/c1-11(8-12-2-4-13(18)5-3-12)17(21)20-16-9-14-6-7-15(10-16)19-14/h2-5,8,14-16,19H,6-7,9-10H2,1H3,(H,20,21). The van der Waals surface area contributed by atoms with E-state index in [1.165, 1.54) is 25.0 Å². The summed E-state index contributed by atoms with van der Waals surface area (Å²) < 4.78 is 12.9. The third-order valence-electron chi connectivity index (χ3n) is 4.42. The van der Waals surface area contributed by atoms with E-state index in [1.807, 2.05) is 0 Å². The van der Waals surface area contributed by atoms with Gasteiger partial charge in [-0.1, -0.05) is 12.1 Å². The second-order valence-corrected chi connectivity index (χ2v) is 6.16. The van der Waals surface area contributed by atoms with E-state index < -0.39 is 0 Å². The van der Waals surface area contributed by atoms with Gasteiger partial charge in [-0.2, -0.15) is 0 Å². The highest BCUT2D eigenvalue weighted by molar-refractivity contribution is 5.97. The summed E-state index contributed by atoms with van der Waals surface area (Å²) in [5, 5.41) is 6.70. The molecule has 4 heteroatoms. The van der Waals surface area contributed by atoms with Crippen LogP contribution < -0.4 is 10.6 Å². The average molecular weight is 288 g/mol. The zero-order chi connectivity index (χ0) is 14.8. The number of hydrogen-bond acceptors (Lipinski definition) is 2. The van der Waals surface area contributed by atoms with E-state index in [0.717, 1.165) is 18.4 Å². The zero-order valence-corrected chi connectivity index (χ0v) is 12.2. The number of halogens is 1. The molecule has 112 valence electrons. The number of piperidine rings is 1. The van der Waals surface area contributed by atoms with Gasteiger partial charge >= 0.3 is 0 Å². The van der Waals surface area contributed by atoms with Crippen molar-refractivity contribution in [2.45, 2.75) is 50.7 Å². The van der Waals surface area contributed by atoms with Crippen LogP contribution in [0, 0.1) is 5.82 Å². The van der Waals surface area contributed by atoms with Gasteiger partial charge in [0.1, 0.15) is 5.82 Å². The van der Waals surface area contributed by atoms with Crippen LogP contribution in [0.1, 0.15) is 38.2 Å². The van der Waals surface area contributed by atoms with Gasteiger partial charge in [-0.15, -0.1) is 0 Å². The van der Waals surface area contributed by atoms with Crippen molar-refractivity contribution >= 4 is 12.0 Å². The van der Waals surface area contributed by atoms with Gasteiger partial charge in [-0.25, -0.2) is 4.39 Å². The maximum atomic E-state index is 12.9. The van der Waals surface area contributed by atoms with E-state index in [9.17, 15) is 9.18 Å². The molecule has 2 bridgehead atoms. The minimum absolute atomic E-state index is 0.0226. The molecule has 0 radical (unpaired) electrons. The SMILES string of the molecule is CC(=Cc1ccc(F)cc1)C(=O)NC1CC2CCC(C1)N2. The van der Waals surface area contributed by atoms with E-state index in [-0.39, 0.29) is 17.8 Å². The quantitative estimate of drug-likeness (QED) is 0.840. The molecular weight excluding hydrogens is 267 g/mol. The summed E-state index contributed by atoms with van der Waals surface area (Å²) in [6.07, 6.45) is 6.28. The topological polar surface area (TPSA) is 41.1 Å². The maximum Gasteiger partial charge on any atom is 0.247 e. The van der Waals surface area contributed by atoms with Gasteiger partial charge in [-0.05, 0) is 56.4 Å². The molecule has 1 amide bonds. The van der Waals surface area contributed by atoms with Gasteiger partial charge in [-0.3, -0.25) is 4.79 Å². The normalized spacial score (nSPS) is 28.5. The Kier molecular flexibility index (Phi) is 4.06. The first-order chi connectivity index (χ1) is 10.1. The molecule has 2 atom stereocenters. The molecule has 1 aromatic carbocycles. The number of amides is 1. The molecule has 2 N–H and O–H groups in total. The molecule has 2 aliphatic heterocycles. The first-order valence-electron chi connectivity index (χ1n) is 7.61. The summed E-state index contributed by atoms with van der Waals surface area (Å²) in [6, 6.07) is 7.57. The predicted molar refractivity (Wildman–Crippen MR) is 81.2 cm³/mol. The molecule has 2 fully saturated rings. The molecule has 2 saturated heterocycles. The molecule has 1 aromatic rings. The lowest BCUT2D eigenvalue weighted by molar-refractivity contribution is -0.118. The Balaban J connectivity index is 1.60. The lowest BCUT2D eigenvalue weighted by Gasteiger charge is -2.29. The van der Waals surface area contributed by atoms with E-state index in [1.54, 1.807) is 25.1 Å². The number of nitrogens with one attached hydrogen (secondary N) is 2. The Morgan fingerprint density at radius 1 is 1.24 bits per heavy atom. The molecule has 2 heterocycles. The molecule has 3 nitrogen and oxygen atoms in total. The Hall–Kier alpha value is -1.68. The fraction of sp³-hybridized carbons (Fsp3) is 0.471. The van der Waals surface area contributed by atoms with Crippen LogP contribution in [0.4, 0.5) is 4.39 Å². The van der Waals surface area contributed by atoms with Crippen molar-refractivity contribution in [2.75, 3.05) is 0 Å². The smallest absolute Gasteiger partial charge is 0.247 e. The fourth-order valence-electron chi connectivity index (χ4n) is 3.35. The van der Waals surface area contributed by atoms with Crippen molar-refractivity contribution in [3.8, 4) is 0 Å².